The van der Waals surface area contributed by atoms with Gasteiger partial charge in [0.25, 0.3) is 10.1 Å². The normalized spacial score (nSPS) is 13.1. The van der Waals surface area contributed by atoms with E-state index >= 15 is 0 Å². The number of hydrogen-bond donors (Lipinski definition) is 2. The van der Waals surface area contributed by atoms with Crippen LogP contribution < -0.4 is 5.32 Å². The minimum Gasteiger partial charge on any atom is -0.352 e. The van der Waals surface area contributed by atoms with Crippen LogP contribution in [0.25, 0.3) is 22.1 Å². The van der Waals surface area contributed by atoms with Crippen molar-refractivity contribution >= 4 is 66.9 Å². The van der Waals surface area contributed by atoms with E-state index in [9.17, 15) is 8.42 Å². The maximum Gasteiger partial charge on any atom is 0.264 e. The summed E-state index contributed by atoms with van der Waals surface area (Å²) in [5.41, 5.74) is 5.20. The van der Waals surface area contributed by atoms with Gasteiger partial charge in [0.15, 0.2) is 0 Å². The number of fused-ring (bicyclic) bond motifs is 7. The molecule has 30 heavy (non-hydrogen) atoms. The lowest BCUT2D eigenvalue weighted by molar-refractivity contribution is 0.481. The quantitative estimate of drug-likeness (QED) is 0.300. The van der Waals surface area contributed by atoms with E-state index in [0.29, 0.717) is 34.9 Å². The fourth-order valence-electron chi connectivity index (χ4n) is 3.52. The molecule has 0 radical (unpaired) electrons. The standard InChI is InChI=1S/C19H14ClN5O3S2/c20-12-9-23-16-15(25-12)13-14(22-7-6-21-13)17-19(16)29-18-10(3-1-5-11(18)24-17)4-2-8-30(26,27)28/h1,3,5-7,9,24H,2,4,8H2,(H,26,27,28). The van der Waals surface area contributed by atoms with Crippen LogP contribution in [0.4, 0.5) is 11.4 Å². The monoisotopic (exact) mass is 459 g/mol. The Balaban J connectivity index is 1.65. The molecule has 11 heteroatoms. The van der Waals surface area contributed by atoms with Gasteiger partial charge in [-0.3, -0.25) is 19.5 Å². The first-order valence-electron chi connectivity index (χ1n) is 9.01. The summed E-state index contributed by atoms with van der Waals surface area (Å²) in [7, 11) is -3.99. The number of benzene rings is 2. The SMILES string of the molecule is O=S(=O)(O)CCCc1cccc2c1Sc1c(c3nccnc3c3nc(Cl)cnc13)N2. The lowest BCUT2D eigenvalue weighted by atomic mass is 10.1. The molecule has 0 saturated heterocycles. The van der Waals surface area contributed by atoms with Crippen molar-refractivity contribution in [2.75, 3.05) is 11.1 Å². The van der Waals surface area contributed by atoms with Gasteiger partial charge in [0, 0.05) is 17.3 Å². The molecule has 0 amide bonds. The molecule has 2 N–H and O–H groups in total. The molecule has 3 heterocycles. The first-order valence-corrected chi connectivity index (χ1v) is 11.8. The number of hydrogen-bond acceptors (Lipinski definition) is 8. The van der Waals surface area contributed by atoms with Crippen molar-refractivity contribution in [2.24, 2.45) is 0 Å². The van der Waals surface area contributed by atoms with Gasteiger partial charge in [0.2, 0.25) is 0 Å². The van der Waals surface area contributed by atoms with Gasteiger partial charge < -0.3 is 5.32 Å². The minimum absolute atomic E-state index is 0.273. The van der Waals surface area contributed by atoms with Crippen LogP contribution in [0, 0.1) is 0 Å². The van der Waals surface area contributed by atoms with E-state index in [-0.39, 0.29) is 10.9 Å². The fourth-order valence-corrected chi connectivity index (χ4v) is 5.39. The van der Waals surface area contributed by atoms with Crippen molar-refractivity contribution in [2.45, 2.75) is 22.6 Å². The average Bonchev–Trinajstić information content (AvgIpc) is 2.72. The molecule has 2 aromatic heterocycles. The van der Waals surface area contributed by atoms with E-state index in [4.69, 9.17) is 16.2 Å². The zero-order valence-electron chi connectivity index (χ0n) is 15.3. The molecule has 0 bridgehead atoms. The van der Waals surface area contributed by atoms with E-state index in [0.717, 1.165) is 26.7 Å². The highest BCUT2D eigenvalue weighted by Crippen LogP contribution is 2.50. The highest BCUT2D eigenvalue weighted by atomic mass is 35.5. The molecule has 5 rings (SSSR count). The smallest absolute Gasteiger partial charge is 0.264 e. The van der Waals surface area contributed by atoms with Crippen molar-refractivity contribution in [3.05, 3.63) is 47.5 Å². The Morgan fingerprint density at radius 1 is 1.03 bits per heavy atom. The highest BCUT2D eigenvalue weighted by Gasteiger charge is 2.26. The molecule has 1 aliphatic heterocycles. The number of anilines is 2. The predicted molar refractivity (Wildman–Crippen MR) is 116 cm³/mol. The van der Waals surface area contributed by atoms with E-state index in [2.05, 4.69) is 25.3 Å². The van der Waals surface area contributed by atoms with Crippen LogP contribution in [0.1, 0.15) is 12.0 Å². The van der Waals surface area contributed by atoms with Gasteiger partial charge in [-0.05, 0) is 24.5 Å². The molecule has 0 fully saturated rings. The Morgan fingerprint density at radius 3 is 2.63 bits per heavy atom. The average molecular weight is 460 g/mol. The zero-order chi connectivity index (χ0) is 20.9. The summed E-state index contributed by atoms with van der Waals surface area (Å²) in [5.74, 6) is -0.279. The molecule has 8 nitrogen and oxygen atoms in total. The van der Waals surface area contributed by atoms with E-state index in [1.54, 1.807) is 12.4 Å². The molecule has 4 aromatic rings. The van der Waals surface area contributed by atoms with Crippen molar-refractivity contribution in [3.63, 3.8) is 0 Å². The van der Waals surface area contributed by atoms with Crippen LogP contribution in [0.3, 0.4) is 0 Å². The Bertz CT molecular complexity index is 1430. The van der Waals surface area contributed by atoms with Gasteiger partial charge in [0.05, 0.1) is 28.2 Å². The molecular weight excluding hydrogens is 446 g/mol. The number of nitrogens with zero attached hydrogens (tertiary/aromatic N) is 4. The lowest BCUT2D eigenvalue weighted by Crippen LogP contribution is -2.08. The molecule has 1 aliphatic rings. The Kier molecular flexibility index (Phi) is 4.73. The van der Waals surface area contributed by atoms with Crippen LogP contribution in [0.5, 0.6) is 0 Å². The van der Waals surface area contributed by atoms with Crippen molar-refractivity contribution in [3.8, 4) is 0 Å². The summed E-state index contributed by atoms with van der Waals surface area (Å²) in [4.78, 5) is 19.7. The van der Waals surface area contributed by atoms with Gasteiger partial charge in [-0.1, -0.05) is 35.5 Å². The van der Waals surface area contributed by atoms with Gasteiger partial charge in [-0.2, -0.15) is 8.42 Å². The molecular formula is C19H14ClN5O3S2. The second kappa shape index (κ2) is 7.31. The topological polar surface area (TPSA) is 118 Å². The van der Waals surface area contributed by atoms with Gasteiger partial charge in [0.1, 0.15) is 27.2 Å². The third-order valence-corrected chi connectivity index (χ3v) is 7.03. The summed E-state index contributed by atoms with van der Waals surface area (Å²) in [5, 5.41) is 3.72. The predicted octanol–water partition coefficient (Wildman–Crippen LogP) is 4.26. The molecule has 152 valence electrons. The first kappa shape index (κ1) is 19.4. The van der Waals surface area contributed by atoms with Crippen molar-refractivity contribution in [1.29, 1.82) is 0 Å². The second-order valence-corrected chi connectivity index (χ2v) is 9.74. The number of rotatable bonds is 4. The minimum atomic E-state index is -3.99. The molecule has 0 aliphatic carbocycles. The maximum absolute atomic E-state index is 11.1. The van der Waals surface area contributed by atoms with E-state index < -0.39 is 10.1 Å². The molecule has 0 atom stereocenters. The van der Waals surface area contributed by atoms with Crippen molar-refractivity contribution < 1.29 is 13.0 Å². The Hall–Kier alpha value is -2.53. The number of halogens is 1. The highest BCUT2D eigenvalue weighted by molar-refractivity contribution is 8.00. The first-order chi connectivity index (χ1) is 14.4. The largest absolute Gasteiger partial charge is 0.352 e. The summed E-state index contributed by atoms with van der Waals surface area (Å²) in [6.07, 6.45) is 5.56. The second-order valence-electron chi connectivity index (χ2n) is 6.76. The summed E-state index contributed by atoms with van der Waals surface area (Å²) < 4.78 is 31.2. The van der Waals surface area contributed by atoms with Crippen LogP contribution >= 0.6 is 23.4 Å². The number of aromatic nitrogens is 4. The molecule has 0 unspecified atom stereocenters. The third kappa shape index (κ3) is 3.45. The summed E-state index contributed by atoms with van der Waals surface area (Å²) in [6.45, 7) is 0. The fraction of sp³-hybridized carbons (Fsp3) is 0.158. The summed E-state index contributed by atoms with van der Waals surface area (Å²) >= 11 is 7.62. The molecule has 0 saturated carbocycles. The van der Waals surface area contributed by atoms with Gasteiger partial charge >= 0.3 is 0 Å². The number of aryl methyl sites for hydroxylation is 1. The summed E-state index contributed by atoms with van der Waals surface area (Å²) in [6, 6.07) is 5.82. The maximum atomic E-state index is 11.1. The van der Waals surface area contributed by atoms with Crippen LogP contribution in [-0.4, -0.2) is 38.7 Å². The Morgan fingerprint density at radius 2 is 1.83 bits per heavy atom. The van der Waals surface area contributed by atoms with E-state index in [1.807, 2.05) is 18.2 Å². The van der Waals surface area contributed by atoms with Crippen LogP contribution in [0.15, 0.2) is 46.6 Å². The lowest BCUT2D eigenvalue weighted by Gasteiger charge is -2.24. The van der Waals surface area contributed by atoms with Crippen LogP contribution in [0.2, 0.25) is 5.15 Å². The Labute approximate surface area is 180 Å². The zero-order valence-corrected chi connectivity index (χ0v) is 17.7. The molecule has 0 spiro atoms. The van der Waals surface area contributed by atoms with Gasteiger partial charge in [-0.25, -0.2) is 4.98 Å². The molecule has 2 aromatic carbocycles. The van der Waals surface area contributed by atoms with Crippen molar-refractivity contribution in [1.82, 2.24) is 19.9 Å². The third-order valence-electron chi connectivity index (χ3n) is 4.75. The van der Waals surface area contributed by atoms with Crippen LogP contribution in [-0.2, 0) is 16.5 Å². The number of nitrogens with one attached hydrogen (secondary N) is 1. The van der Waals surface area contributed by atoms with E-state index in [1.165, 1.54) is 18.0 Å². The van der Waals surface area contributed by atoms with Gasteiger partial charge in [-0.15, -0.1) is 0 Å².